The maximum atomic E-state index is 11.2. The van der Waals surface area contributed by atoms with E-state index in [1.165, 1.54) is 18.2 Å². The van der Waals surface area contributed by atoms with Crippen LogP contribution in [0.3, 0.4) is 0 Å². The standard InChI is InChI=1S/C13H18N2O4/c1-13(2,3)8-14(4)11-7-9(15(18)19)5-6-10(11)12(16)17/h5-7H,8H2,1-4H3,(H,16,17). The van der Waals surface area contributed by atoms with Crippen LogP contribution in [0, 0.1) is 15.5 Å². The summed E-state index contributed by atoms with van der Waals surface area (Å²) < 4.78 is 0. The Bertz CT molecular complexity index is 506. The zero-order valence-corrected chi connectivity index (χ0v) is 11.5. The third-order valence-electron chi connectivity index (χ3n) is 2.55. The lowest BCUT2D eigenvalue weighted by atomic mass is 9.95. The maximum Gasteiger partial charge on any atom is 0.337 e. The van der Waals surface area contributed by atoms with Gasteiger partial charge in [0.1, 0.15) is 0 Å². The average Bonchev–Trinajstić information content (AvgIpc) is 2.25. The number of aromatic carboxylic acids is 1. The second-order valence-corrected chi connectivity index (χ2v) is 5.68. The highest BCUT2D eigenvalue weighted by atomic mass is 16.6. The molecule has 0 fully saturated rings. The number of non-ortho nitro benzene ring substituents is 1. The van der Waals surface area contributed by atoms with Crippen LogP contribution in [-0.4, -0.2) is 29.6 Å². The van der Waals surface area contributed by atoms with Gasteiger partial charge in [-0.05, 0) is 11.5 Å². The zero-order chi connectivity index (χ0) is 14.8. The van der Waals surface area contributed by atoms with Gasteiger partial charge in [-0.2, -0.15) is 0 Å². The lowest BCUT2D eigenvalue weighted by Crippen LogP contribution is -2.30. The molecule has 0 saturated heterocycles. The minimum atomic E-state index is -1.09. The molecule has 0 unspecified atom stereocenters. The highest BCUT2D eigenvalue weighted by molar-refractivity contribution is 5.95. The molecule has 19 heavy (non-hydrogen) atoms. The molecule has 0 amide bonds. The van der Waals surface area contributed by atoms with Crippen LogP contribution in [0.4, 0.5) is 11.4 Å². The van der Waals surface area contributed by atoms with Crippen LogP contribution in [0.2, 0.25) is 0 Å². The molecule has 0 aliphatic carbocycles. The fourth-order valence-corrected chi connectivity index (χ4v) is 1.93. The first kappa shape index (κ1) is 14.9. The summed E-state index contributed by atoms with van der Waals surface area (Å²) in [6.07, 6.45) is 0. The van der Waals surface area contributed by atoms with Gasteiger partial charge in [0.05, 0.1) is 16.2 Å². The van der Waals surface area contributed by atoms with Crippen molar-refractivity contribution in [3.05, 3.63) is 33.9 Å². The van der Waals surface area contributed by atoms with Gasteiger partial charge < -0.3 is 10.0 Å². The van der Waals surface area contributed by atoms with Crippen LogP contribution in [0.5, 0.6) is 0 Å². The molecule has 0 spiro atoms. The Hall–Kier alpha value is -2.11. The molecule has 1 N–H and O–H groups in total. The molecule has 0 aliphatic heterocycles. The lowest BCUT2D eigenvalue weighted by Gasteiger charge is -2.29. The van der Waals surface area contributed by atoms with Crippen molar-refractivity contribution in [2.24, 2.45) is 5.41 Å². The molecule has 0 radical (unpaired) electrons. The second kappa shape index (κ2) is 5.26. The number of nitrogens with zero attached hydrogens (tertiary/aromatic N) is 2. The molecule has 0 bridgehead atoms. The smallest absolute Gasteiger partial charge is 0.337 e. The van der Waals surface area contributed by atoms with Crippen molar-refractivity contribution in [2.75, 3.05) is 18.5 Å². The van der Waals surface area contributed by atoms with E-state index in [9.17, 15) is 14.9 Å². The summed E-state index contributed by atoms with van der Waals surface area (Å²) >= 11 is 0. The van der Waals surface area contributed by atoms with Gasteiger partial charge in [-0.3, -0.25) is 10.1 Å². The largest absolute Gasteiger partial charge is 0.478 e. The summed E-state index contributed by atoms with van der Waals surface area (Å²) in [5.74, 6) is -1.09. The van der Waals surface area contributed by atoms with Gasteiger partial charge in [-0.25, -0.2) is 4.79 Å². The predicted octanol–water partition coefficient (Wildman–Crippen LogP) is 2.78. The van der Waals surface area contributed by atoms with Crippen LogP contribution in [0.25, 0.3) is 0 Å². The van der Waals surface area contributed by atoms with Crippen molar-refractivity contribution < 1.29 is 14.8 Å². The summed E-state index contributed by atoms with van der Waals surface area (Å²) in [6.45, 7) is 6.64. The number of nitro benzene ring substituents is 1. The first-order chi connectivity index (χ1) is 8.61. The first-order valence-corrected chi connectivity index (χ1v) is 5.85. The van der Waals surface area contributed by atoms with Crippen molar-refractivity contribution in [1.29, 1.82) is 0 Å². The van der Waals surface area contributed by atoms with Gasteiger partial charge in [0, 0.05) is 25.7 Å². The topological polar surface area (TPSA) is 83.7 Å². The Morgan fingerprint density at radius 2 is 2.00 bits per heavy atom. The summed E-state index contributed by atoms with van der Waals surface area (Å²) in [5.41, 5.74) is 0.268. The number of nitro groups is 1. The lowest BCUT2D eigenvalue weighted by molar-refractivity contribution is -0.384. The Morgan fingerprint density at radius 3 is 2.42 bits per heavy atom. The molecule has 1 aromatic rings. The SMILES string of the molecule is CN(CC(C)(C)C)c1cc([N+](=O)[O-])ccc1C(=O)O. The summed E-state index contributed by atoms with van der Waals surface area (Å²) in [4.78, 5) is 23.2. The molecular formula is C13H18N2O4. The molecular weight excluding hydrogens is 248 g/mol. The Morgan fingerprint density at radius 1 is 1.42 bits per heavy atom. The van der Waals surface area contributed by atoms with E-state index in [1.807, 2.05) is 20.8 Å². The van der Waals surface area contributed by atoms with E-state index in [-0.39, 0.29) is 16.7 Å². The molecule has 6 heteroatoms. The second-order valence-electron chi connectivity index (χ2n) is 5.68. The molecule has 0 saturated carbocycles. The number of carboxylic acid groups (broad SMARTS) is 1. The van der Waals surface area contributed by atoms with Crippen molar-refractivity contribution in [3.8, 4) is 0 Å². The highest BCUT2D eigenvalue weighted by Crippen LogP contribution is 2.28. The summed E-state index contributed by atoms with van der Waals surface area (Å²) in [5, 5.41) is 19.9. The Labute approximate surface area is 111 Å². The van der Waals surface area contributed by atoms with E-state index >= 15 is 0 Å². The molecule has 1 aromatic carbocycles. The number of anilines is 1. The van der Waals surface area contributed by atoms with Gasteiger partial charge in [0.25, 0.3) is 5.69 Å². The molecule has 0 heterocycles. The maximum absolute atomic E-state index is 11.2. The van der Waals surface area contributed by atoms with Gasteiger partial charge in [-0.1, -0.05) is 20.8 Å². The molecule has 0 atom stereocenters. The number of carboxylic acids is 1. The fourth-order valence-electron chi connectivity index (χ4n) is 1.93. The third-order valence-corrected chi connectivity index (χ3v) is 2.55. The van der Waals surface area contributed by atoms with E-state index < -0.39 is 10.9 Å². The number of hydrogen-bond acceptors (Lipinski definition) is 4. The number of carbonyl (C=O) groups is 1. The van der Waals surface area contributed by atoms with E-state index in [0.29, 0.717) is 12.2 Å². The molecule has 1 rings (SSSR count). The summed E-state index contributed by atoms with van der Waals surface area (Å²) in [6, 6.07) is 3.78. The highest BCUT2D eigenvalue weighted by Gasteiger charge is 2.21. The minimum absolute atomic E-state index is 0.0465. The van der Waals surface area contributed by atoms with Crippen molar-refractivity contribution in [1.82, 2.24) is 0 Å². The van der Waals surface area contributed by atoms with Crippen LogP contribution in [0.15, 0.2) is 18.2 Å². The van der Waals surface area contributed by atoms with Crippen LogP contribution in [-0.2, 0) is 0 Å². The summed E-state index contributed by atoms with van der Waals surface area (Å²) in [7, 11) is 1.73. The molecule has 0 aromatic heterocycles. The Kier molecular flexibility index (Phi) is 4.14. The van der Waals surface area contributed by atoms with Gasteiger partial charge in [0.2, 0.25) is 0 Å². The van der Waals surface area contributed by atoms with Gasteiger partial charge in [-0.15, -0.1) is 0 Å². The first-order valence-electron chi connectivity index (χ1n) is 5.85. The van der Waals surface area contributed by atoms with E-state index in [1.54, 1.807) is 11.9 Å². The van der Waals surface area contributed by atoms with Crippen molar-refractivity contribution in [2.45, 2.75) is 20.8 Å². The normalized spacial score (nSPS) is 11.2. The van der Waals surface area contributed by atoms with Crippen molar-refractivity contribution in [3.63, 3.8) is 0 Å². The van der Waals surface area contributed by atoms with Crippen LogP contribution < -0.4 is 4.90 Å². The van der Waals surface area contributed by atoms with Gasteiger partial charge >= 0.3 is 5.97 Å². The predicted molar refractivity (Wildman–Crippen MR) is 72.8 cm³/mol. The monoisotopic (exact) mass is 266 g/mol. The van der Waals surface area contributed by atoms with E-state index in [0.717, 1.165) is 0 Å². The quantitative estimate of drug-likeness (QED) is 0.669. The molecule has 104 valence electrons. The van der Waals surface area contributed by atoms with Gasteiger partial charge in [0.15, 0.2) is 0 Å². The van der Waals surface area contributed by atoms with Crippen LogP contribution >= 0.6 is 0 Å². The average molecular weight is 266 g/mol. The third kappa shape index (κ3) is 3.94. The van der Waals surface area contributed by atoms with Crippen molar-refractivity contribution >= 4 is 17.3 Å². The minimum Gasteiger partial charge on any atom is -0.478 e. The number of benzene rings is 1. The number of hydrogen-bond donors (Lipinski definition) is 1. The Balaban J connectivity index is 3.24. The van der Waals surface area contributed by atoms with Crippen LogP contribution in [0.1, 0.15) is 31.1 Å². The zero-order valence-electron chi connectivity index (χ0n) is 11.5. The molecule has 6 nitrogen and oxygen atoms in total. The fraction of sp³-hybridized carbons (Fsp3) is 0.462. The van der Waals surface area contributed by atoms with E-state index in [2.05, 4.69) is 0 Å². The number of rotatable bonds is 4. The molecule has 0 aliphatic rings. The van der Waals surface area contributed by atoms with E-state index in [4.69, 9.17) is 5.11 Å².